The van der Waals surface area contributed by atoms with Crippen LogP contribution in [0.15, 0.2) is 83.3 Å². The SMILES string of the molecule is Cc1oc(-c2ccccc2)nc1CCOc1ccc(CCC(=O)O)c(CNC(=O)Cc2ccccc2)c1. The van der Waals surface area contributed by atoms with Gasteiger partial charge in [0.1, 0.15) is 11.5 Å². The first-order valence-corrected chi connectivity index (χ1v) is 12.3. The third-order valence-corrected chi connectivity index (χ3v) is 5.99. The number of rotatable bonds is 12. The van der Waals surface area contributed by atoms with Gasteiger partial charge in [0.05, 0.1) is 18.7 Å². The molecule has 0 saturated heterocycles. The molecule has 7 nitrogen and oxygen atoms in total. The number of amides is 1. The summed E-state index contributed by atoms with van der Waals surface area (Å²) in [4.78, 5) is 28.2. The molecule has 1 amide bonds. The second kappa shape index (κ2) is 12.5. The smallest absolute Gasteiger partial charge is 0.303 e. The van der Waals surface area contributed by atoms with Crippen molar-refractivity contribution in [3.63, 3.8) is 0 Å². The van der Waals surface area contributed by atoms with E-state index in [4.69, 9.17) is 14.3 Å². The molecule has 0 bridgehead atoms. The van der Waals surface area contributed by atoms with E-state index >= 15 is 0 Å². The average molecular weight is 499 g/mol. The van der Waals surface area contributed by atoms with Crippen LogP contribution in [0.1, 0.15) is 34.6 Å². The van der Waals surface area contributed by atoms with Crippen LogP contribution in [0, 0.1) is 6.92 Å². The second-order valence-electron chi connectivity index (χ2n) is 8.75. The van der Waals surface area contributed by atoms with Crippen molar-refractivity contribution in [2.24, 2.45) is 0 Å². The lowest BCUT2D eigenvalue weighted by molar-refractivity contribution is -0.137. The Morgan fingerprint density at radius 3 is 2.41 bits per heavy atom. The molecule has 2 N–H and O–H groups in total. The van der Waals surface area contributed by atoms with Crippen molar-refractivity contribution in [1.29, 1.82) is 0 Å². The summed E-state index contributed by atoms with van der Waals surface area (Å²) >= 11 is 0. The van der Waals surface area contributed by atoms with Crippen molar-refractivity contribution in [3.8, 4) is 17.2 Å². The standard InChI is InChI=1S/C30H30N2O5/c1-21-27(32-30(37-21)24-10-6-3-7-11-24)16-17-36-26-14-12-23(13-15-29(34)35)25(19-26)20-31-28(33)18-22-8-4-2-5-9-22/h2-12,14,19H,13,15-18,20H2,1H3,(H,31,33)(H,34,35). The van der Waals surface area contributed by atoms with Crippen molar-refractivity contribution in [2.45, 2.75) is 39.2 Å². The molecule has 0 aliphatic rings. The van der Waals surface area contributed by atoms with E-state index in [1.54, 1.807) is 0 Å². The lowest BCUT2D eigenvalue weighted by Crippen LogP contribution is -2.25. The van der Waals surface area contributed by atoms with E-state index in [0.717, 1.165) is 33.7 Å². The summed E-state index contributed by atoms with van der Waals surface area (Å²) in [7, 11) is 0. The molecule has 7 heteroatoms. The Labute approximate surface area is 216 Å². The minimum atomic E-state index is -0.864. The number of aromatic nitrogens is 1. The molecule has 0 fully saturated rings. The fourth-order valence-electron chi connectivity index (χ4n) is 4.01. The number of carboxylic acid groups (broad SMARTS) is 1. The number of carbonyl (C=O) groups excluding carboxylic acids is 1. The zero-order valence-corrected chi connectivity index (χ0v) is 20.8. The molecular weight excluding hydrogens is 468 g/mol. The number of hydrogen-bond acceptors (Lipinski definition) is 5. The molecule has 1 heterocycles. The Hall–Kier alpha value is -4.39. The maximum absolute atomic E-state index is 12.5. The highest BCUT2D eigenvalue weighted by Crippen LogP contribution is 2.23. The molecule has 0 aliphatic carbocycles. The zero-order valence-electron chi connectivity index (χ0n) is 20.8. The van der Waals surface area contributed by atoms with Gasteiger partial charge in [-0.05, 0) is 54.3 Å². The molecule has 4 aromatic rings. The minimum absolute atomic E-state index is 0.0142. The van der Waals surface area contributed by atoms with Crippen molar-refractivity contribution < 1.29 is 23.8 Å². The molecule has 1 aromatic heterocycles. The monoisotopic (exact) mass is 498 g/mol. The van der Waals surface area contributed by atoms with Gasteiger partial charge in [0.2, 0.25) is 11.8 Å². The Morgan fingerprint density at radius 1 is 0.946 bits per heavy atom. The molecule has 0 radical (unpaired) electrons. The summed E-state index contributed by atoms with van der Waals surface area (Å²) in [5, 5.41) is 12.1. The van der Waals surface area contributed by atoms with E-state index < -0.39 is 5.97 Å². The molecule has 0 saturated carbocycles. The number of nitrogens with zero attached hydrogens (tertiary/aromatic N) is 1. The van der Waals surface area contributed by atoms with Gasteiger partial charge in [0.25, 0.3) is 0 Å². The number of ether oxygens (including phenoxy) is 1. The summed E-state index contributed by atoms with van der Waals surface area (Å²) in [6, 6.07) is 24.8. The summed E-state index contributed by atoms with van der Waals surface area (Å²) in [5.41, 5.74) is 4.40. The summed E-state index contributed by atoms with van der Waals surface area (Å²) in [6.07, 6.45) is 1.25. The quantitative estimate of drug-likeness (QED) is 0.280. The van der Waals surface area contributed by atoms with Gasteiger partial charge >= 0.3 is 5.97 Å². The van der Waals surface area contributed by atoms with Gasteiger partial charge in [-0.2, -0.15) is 0 Å². The maximum atomic E-state index is 12.5. The highest BCUT2D eigenvalue weighted by molar-refractivity contribution is 5.78. The van der Waals surface area contributed by atoms with Gasteiger partial charge in [-0.1, -0.05) is 54.6 Å². The molecule has 0 aliphatic heterocycles. The maximum Gasteiger partial charge on any atom is 0.303 e. The van der Waals surface area contributed by atoms with Crippen molar-refractivity contribution in [3.05, 3.63) is 107 Å². The number of aryl methyl sites for hydroxylation is 2. The molecule has 0 unspecified atom stereocenters. The fraction of sp³-hybridized carbons (Fsp3) is 0.233. The molecule has 37 heavy (non-hydrogen) atoms. The van der Waals surface area contributed by atoms with Crippen molar-refractivity contribution in [2.75, 3.05) is 6.61 Å². The topological polar surface area (TPSA) is 102 Å². The van der Waals surface area contributed by atoms with Crippen LogP contribution in [-0.4, -0.2) is 28.6 Å². The number of carboxylic acids is 1. The number of aliphatic carboxylic acids is 1. The number of carbonyl (C=O) groups is 2. The summed E-state index contributed by atoms with van der Waals surface area (Å²) in [6.45, 7) is 2.58. The molecule has 0 atom stereocenters. The van der Waals surface area contributed by atoms with Crippen LogP contribution in [0.25, 0.3) is 11.5 Å². The predicted molar refractivity (Wildman–Crippen MR) is 140 cm³/mol. The van der Waals surface area contributed by atoms with E-state index in [1.807, 2.05) is 85.8 Å². The van der Waals surface area contributed by atoms with Gasteiger partial charge in [0.15, 0.2) is 0 Å². The molecule has 190 valence electrons. The van der Waals surface area contributed by atoms with Gasteiger partial charge in [-0.25, -0.2) is 4.98 Å². The van der Waals surface area contributed by atoms with Crippen LogP contribution in [0.4, 0.5) is 0 Å². The third kappa shape index (κ3) is 7.54. The Bertz CT molecular complexity index is 1330. The lowest BCUT2D eigenvalue weighted by atomic mass is 10.0. The molecule has 4 rings (SSSR count). The number of benzene rings is 3. The molecular formula is C30H30N2O5. The van der Waals surface area contributed by atoms with Gasteiger partial charge in [0, 0.05) is 24.9 Å². The van der Waals surface area contributed by atoms with Gasteiger partial charge < -0.3 is 19.6 Å². The van der Waals surface area contributed by atoms with E-state index in [2.05, 4.69) is 10.3 Å². The summed E-state index contributed by atoms with van der Waals surface area (Å²) < 4.78 is 11.8. The van der Waals surface area contributed by atoms with E-state index in [0.29, 0.717) is 37.6 Å². The average Bonchev–Trinajstić information content (AvgIpc) is 3.28. The third-order valence-electron chi connectivity index (χ3n) is 5.99. The van der Waals surface area contributed by atoms with Crippen LogP contribution in [0.5, 0.6) is 5.75 Å². The number of nitrogens with one attached hydrogen (secondary N) is 1. The minimum Gasteiger partial charge on any atom is -0.493 e. The first-order chi connectivity index (χ1) is 18.0. The van der Waals surface area contributed by atoms with Crippen LogP contribution in [-0.2, 0) is 35.4 Å². The Morgan fingerprint density at radius 2 is 1.68 bits per heavy atom. The van der Waals surface area contributed by atoms with Crippen LogP contribution in [0.2, 0.25) is 0 Å². The van der Waals surface area contributed by atoms with Crippen LogP contribution in [0.3, 0.4) is 0 Å². The molecule has 3 aromatic carbocycles. The van der Waals surface area contributed by atoms with Crippen LogP contribution < -0.4 is 10.1 Å². The van der Waals surface area contributed by atoms with Gasteiger partial charge in [-0.3, -0.25) is 9.59 Å². The normalized spacial score (nSPS) is 10.7. The second-order valence-corrected chi connectivity index (χ2v) is 8.75. The first-order valence-electron chi connectivity index (χ1n) is 12.3. The van der Waals surface area contributed by atoms with Gasteiger partial charge in [-0.15, -0.1) is 0 Å². The zero-order chi connectivity index (χ0) is 26.0. The highest BCUT2D eigenvalue weighted by Gasteiger charge is 2.13. The number of oxazole rings is 1. The number of hydrogen-bond donors (Lipinski definition) is 2. The highest BCUT2D eigenvalue weighted by atomic mass is 16.5. The Kier molecular flexibility index (Phi) is 8.70. The van der Waals surface area contributed by atoms with E-state index in [9.17, 15) is 9.59 Å². The van der Waals surface area contributed by atoms with E-state index in [-0.39, 0.29) is 18.7 Å². The lowest BCUT2D eigenvalue weighted by Gasteiger charge is -2.13. The van der Waals surface area contributed by atoms with Crippen LogP contribution >= 0.6 is 0 Å². The fourth-order valence-corrected chi connectivity index (χ4v) is 4.01. The molecule has 0 spiro atoms. The van der Waals surface area contributed by atoms with E-state index in [1.165, 1.54) is 0 Å². The largest absolute Gasteiger partial charge is 0.493 e. The predicted octanol–water partition coefficient (Wildman–Crippen LogP) is 5.15. The Balaban J connectivity index is 1.38. The summed E-state index contributed by atoms with van der Waals surface area (Å²) in [5.74, 6) is 1.03. The first kappa shape index (κ1) is 25.7. The van der Waals surface area contributed by atoms with Crippen molar-refractivity contribution in [1.82, 2.24) is 10.3 Å². The van der Waals surface area contributed by atoms with Crippen molar-refractivity contribution >= 4 is 11.9 Å².